The van der Waals surface area contributed by atoms with E-state index in [1.54, 1.807) is 0 Å². The number of aliphatic carboxylic acids is 1. The zero-order valence-electron chi connectivity index (χ0n) is 10.6. The number of carboxylic acid groups (broad SMARTS) is 1. The minimum absolute atomic E-state index is 0.0196. The van der Waals surface area contributed by atoms with Gasteiger partial charge in [-0.15, -0.1) is 0 Å². The maximum absolute atomic E-state index is 10.4. The fourth-order valence-electron chi connectivity index (χ4n) is 1.79. The largest absolute Gasteiger partial charge is 0.493 e. The van der Waals surface area contributed by atoms with Crippen molar-refractivity contribution >= 4 is 5.97 Å². The summed E-state index contributed by atoms with van der Waals surface area (Å²) in [6.07, 6.45) is 0.905. The van der Waals surface area contributed by atoms with E-state index in [0.29, 0.717) is 5.75 Å². The minimum atomic E-state index is -0.847. The highest BCUT2D eigenvalue weighted by molar-refractivity contribution is 5.66. The maximum atomic E-state index is 10.4. The lowest BCUT2D eigenvalue weighted by molar-refractivity contribution is -0.137. The van der Waals surface area contributed by atoms with E-state index in [1.807, 2.05) is 42.5 Å². The predicted octanol–water partition coefficient (Wildman–Crippen LogP) is 3.13. The zero-order valence-corrected chi connectivity index (χ0v) is 10.6. The third-order valence-electron chi connectivity index (χ3n) is 2.76. The van der Waals surface area contributed by atoms with Crippen molar-refractivity contribution in [3.63, 3.8) is 0 Å². The third kappa shape index (κ3) is 4.47. The van der Waals surface area contributed by atoms with Crippen molar-refractivity contribution in [1.29, 1.82) is 0 Å². The van der Waals surface area contributed by atoms with Crippen LogP contribution < -0.4 is 4.74 Å². The summed E-state index contributed by atoms with van der Waals surface area (Å²) in [6, 6.07) is 18.0. The Kier molecular flexibility index (Phi) is 4.56. The first kappa shape index (κ1) is 13.1. The van der Waals surface area contributed by atoms with Gasteiger partial charge < -0.3 is 9.84 Å². The first-order valence-electron chi connectivity index (χ1n) is 6.21. The van der Waals surface area contributed by atoms with E-state index in [2.05, 4.69) is 12.1 Å². The lowest BCUT2D eigenvalue weighted by Crippen LogP contribution is -2.04. The average molecular weight is 256 g/mol. The standard InChI is InChI=1S/C16H16O3/c17-16(18)10-11-19-15-8-6-14(7-9-15)12-13-4-2-1-3-5-13/h1-9H,10-12H2,(H,17,18). The number of rotatable bonds is 6. The van der Waals surface area contributed by atoms with Crippen LogP contribution in [0.5, 0.6) is 5.75 Å². The molecular formula is C16H16O3. The second-order valence-electron chi connectivity index (χ2n) is 4.30. The molecule has 0 aliphatic heterocycles. The Balaban J connectivity index is 1.89. The maximum Gasteiger partial charge on any atom is 0.306 e. The summed E-state index contributed by atoms with van der Waals surface area (Å²) in [5, 5.41) is 8.52. The quantitative estimate of drug-likeness (QED) is 0.863. The van der Waals surface area contributed by atoms with Gasteiger partial charge >= 0.3 is 5.97 Å². The van der Waals surface area contributed by atoms with Crippen LogP contribution in [0.4, 0.5) is 0 Å². The molecule has 2 aromatic rings. The fraction of sp³-hybridized carbons (Fsp3) is 0.188. The van der Waals surface area contributed by atoms with Gasteiger partial charge in [0.15, 0.2) is 0 Å². The van der Waals surface area contributed by atoms with Gasteiger partial charge in [-0.05, 0) is 29.7 Å². The second kappa shape index (κ2) is 6.59. The molecule has 0 amide bonds. The molecule has 0 aliphatic carbocycles. The molecule has 0 unspecified atom stereocenters. The number of hydrogen-bond acceptors (Lipinski definition) is 2. The first-order chi connectivity index (χ1) is 9.24. The molecule has 0 fully saturated rings. The van der Waals surface area contributed by atoms with Gasteiger partial charge in [-0.1, -0.05) is 42.5 Å². The van der Waals surface area contributed by atoms with Gasteiger partial charge in [-0.2, -0.15) is 0 Å². The summed E-state index contributed by atoms with van der Waals surface area (Å²) in [6.45, 7) is 0.202. The summed E-state index contributed by atoms with van der Waals surface area (Å²) in [7, 11) is 0. The van der Waals surface area contributed by atoms with Crippen LogP contribution >= 0.6 is 0 Å². The number of ether oxygens (including phenoxy) is 1. The highest BCUT2D eigenvalue weighted by Gasteiger charge is 2.00. The molecule has 19 heavy (non-hydrogen) atoms. The van der Waals surface area contributed by atoms with Crippen LogP contribution in [0.25, 0.3) is 0 Å². The molecule has 0 aromatic heterocycles. The lowest BCUT2D eigenvalue weighted by Gasteiger charge is -2.06. The van der Waals surface area contributed by atoms with E-state index in [9.17, 15) is 4.79 Å². The first-order valence-corrected chi connectivity index (χ1v) is 6.21. The highest BCUT2D eigenvalue weighted by atomic mass is 16.5. The van der Waals surface area contributed by atoms with Crippen molar-refractivity contribution in [3.05, 3.63) is 65.7 Å². The molecule has 3 nitrogen and oxygen atoms in total. The van der Waals surface area contributed by atoms with Crippen LogP contribution in [0.1, 0.15) is 17.5 Å². The van der Waals surface area contributed by atoms with Gasteiger partial charge in [0, 0.05) is 0 Å². The van der Waals surface area contributed by atoms with Crippen LogP contribution in [-0.4, -0.2) is 17.7 Å². The van der Waals surface area contributed by atoms with E-state index in [1.165, 1.54) is 11.1 Å². The molecule has 0 bridgehead atoms. The zero-order chi connectivity index (χ0) is 13.5. The van der Waals surface area contributed by atoms with Gasteiger partial charge in [-0.25, -0.2) is 0 Å². The number of carbonyl (C=O) groups is 1. The average Bonchev–Trinajstić information content (AvgIpc) is 2.42. The van der Waals surface area contributed by atoms with E-state index in [-0.39, 0.29) is 13.0 Å². The minimum Gasteiger partial charge on any atom is -0.493 e. The van der Waals surface area contributed by atoms with Crippen molar-refractivity contribution in [2.45, 2.75) is 12.8 Å². The van der Waals surface area contributed by atoms with E-state index in [4.69, 9.17) is 9.84 Å². The summed E-state index contributed by atoms with van der Waals surface area (Å²) < 4.78 is 5.34. The topological polar surface area (TPSA) is 46.5 Å². The Bertz CT molecular complexity index is 517. The molecule has 0 radical (unpaired) electrons. The van der Waals surface area contributed by atoms with Crippen molar-refractivity contribution in [3.8, 4) is 5.75 Å². The van der Waals surface area contributed by atoms with Gasteiger partial charge in [0.25, 0.3) is 0 Å². The number of benzene rings is 2. The number of hydrogen-bond donors (Lipinski definition) is 1. The van der Waals surface area contributed by atoms with Crippen LogP contribution in [0.2, 0.25) is 0 Å². The Hall–Kier alpha value is -2.29. The fourth-order valence-corrected chi connectivity index (χ4v) is 1.79. The van der Waals surface area contributed by atoms with Gasteiger partial charge in [0.2, 0.25) is 0 Å². The van der Waals surface area contributed by atoms with Crippen molar-refractivity contribution in [2.75, 3.05) is 6.61 Å². The molecule has 98 valence electrons. The molecule has 3 heteroatoms. The van der Waals surface area contributed by atoms with Crippen LogP contribution in [-0.2, 0) is 11.2 Å². The summed E-state index contributed by atoms with van der Waals surface area (Å²) >= 11 is 0. The Morgan fingerprint density at radius 2 is 1.58 bits per heavy atom. The summed E-state index contributed by atoms with van der Waals surface area (Å²) in [5.41, 5.74) is 2.47. The summed E-state index contributed by atoms with van der Waals surface area (Å²) in [5.74, 6) is -0.140. The molecule has 1 N–H and O–H groups in total. The molecular weight excluding hydrogens is 240 g/mol. The normalized spacial score (nSPS) is 10.1. The highest BCUT2D eigenvalue weighted by Crippen LogP contribution is 2.15. The Labute approximate surface area is 112 Å². The molecule has 0 atom stereocenters. The van der Waals surface area contributed by atoms with Crippen LogP contribution in [0.15, 0.2) is 54.6 Å². The van der Waals surface area contributed by atoms with Crippen LogP contribution in [0.3, 0.4) is 0 Å². The predicted molar refractivity (Wildman–Crippen MR) is 73.4 cm³/mol. The molecule has 0 spiro atoms. The van der Waals surface area contributed by atoms with Crippen molar-refractivity contribution < 1.29 is 14.6 Å². The van der Waals surface area contributed by atoms with Crippen molar-refractivity contribution in [2.24, 2.45) is 0 Å². The Morgan fingerprint density at radius 1 is 0.947 bits per heavy atom. The van der Waals surface area contributed by atoms with Crippen molar-refractivity contribution in [1.82, 2.24) is 0 Å². The number of carboxylic acids is 1. The lowest BCUT2D eigenvalue weighted by atomic mass is 10.1. The third-order valence-corrected chi connectivity index (χ3v) is 2.76. The van der Waals surface area contributed by atoms with E-state index < -0.39 is 5.97 Å². The van der Waals surface area contributed by atoms with Gasteiger partial charge in [0.1, 0.15) is 5.75 Å². The molecule has 0 saturated heterocycles. The molecule has 0 saturated carbocycles. The smallest absolute Gasteiger partial charge is 0.306 e. The SMILES string of the molecule is O=C(O)CCOc1ccc(Cc2ccccc2)cc1. The monoisotopic (exact) mass is 256 g/mol. The van der Waals surface area contributed by atoms with E-state index >= 15 is 0 Å². The van der Waals surface area contributed by atoms with Crippen LogP contribution in [0, 0.1) is 0 Å². The summed E-state index contributed by atoms with van der Waals surface area (Å²) in [4.78, 5) is 10.4. The second-order valence-corrected chi connectivity index (χ2v) is 4.30. The van der Waals surface area contributed by atoms with Gasteiger partial charge in [0.05, 0.1) is 13.0 Å². The van der Waals surface area contributed by atoms with E-state index in [0.717, 1.165) is 6.42 Å². The van der Waals surface area contributed by atoms with Gasteiger partial charge in [-0.3, -0.25) is 4.79 Å². The molecule has 0 heterocycles. The molecule has 2 rings (SSSR count). The molecule has 0 aliphatic rings. The molecule has 2 aromatic carbocycles. The Morgan fingerprint density at radius 3 is 2.21 bits per heavy atom.